The van der Waals surface area contributed by atoms with Crippen LogP contribution < -0.4 is 5.32 Å². The summed E-state index contributed by atoms with van der Waals surface area (Å²) in [5.41, 5.74) is 0.871. The molecule has 1 saturated carbocycles. The van der Waals surface area contributed by atoms with Crippen LogP contribution in [0.1, 0.15) is 23.8 Å². The lowest BCUT2D eigenvalue weighted by Gasteiger charge is -2.18. The van der Waals surface area contributed by atoms with Crippen molar-refractivity contribution in [2.45, 2.75) is 18.9 Å². The molecule has 1 aliphatic rings. The second-order valence-corrected chi connectivity index (χ2v) is 5.46. The first-order valence-corrected chi connectivity index (χ1v) is 6.76. The first-order valence-electron chi connectivity index (χ1n) is 5.88. The van der Waals surface area contributed by atoms with E-state index in [0.717, 1.165) is 5.69 Å². The Balaban J connectivity index is 1.81. The Morgan fingerprint density at radius 1 is 1.24 bits per heavy atom. The normalized spacial score (nSPS) is 16.8. The summed E-state index contributed by atoms with van der Waals surface area (Å²) < 4.78 is 13.1. The molecule has 0 spiro atoms. The lowest BCUT2D eigenvalue weighted by Crippen LogP contribution is -2.11. The maximum absolute atomic E-state index is 13.1. The highest BCUT2D eigenvalue weighted by molar-refractivity contribution is 7.10. The van der Waals surface area contributed by atoms with Crippen molar-refractivity contribution in [1.82, 2.24) is 0 Å². The van der Waals surface area contributed by atoms with Crippen LogP contribution in [-0.4, -0.2) is 0 Å². The molecule has 88 valence electrons. The summed E-state index contributed by atoms with van der Waals surface area (Å²) in [6.45, 7) is 0. The molecule has 1 aliphatic carbocycles. The molecule has 1 atom stereocenters. The largest absolute Gasteiger partial charge is 0.377 e. The minimum atomic E-state index is -0.185. The fraction of sp³-hybridized carbons (Fsp3) is 0.286. The molecule has 1 fully saturated rings. The number of halogens is 1. The van der Waals surface area contributed by atoms with Gasteiger partial charge in [0.2, 0.25) is 0 Å². The maximum Gasteiger partial charge on any atom is 0.125 e. The van der Waals surface area contributed by atoms with Crippen LogP contribution in [0.25, 0.3) is 0 Å². The number of rotatable bonds is 4. The predicted octanol–water partition coefficient (Wildman–Crippen LogP) is 4.45. The van der Waals surface area contributed by atoms with Gasteiger partial charge >= 0.3 is 0 Å². The Morgan fingerprint density at radius 2 is 2.12 bits per heavy atom. The van der Waals surface area contributed by atoms with Gasteiger partial charge in [0.1, 0.15) is 5.82 Å². The van der Waals surface area contributed by atoms with E-state index in [1.54, 1.807) is 23.5 Å². The van der Waals surface area contributed by atoms with Gasteiger partial charge in [-0.3, -0.25) is 0 Å². The SMILES string of the molecule is Fc1cccc(NC(c2cccs2)C2CC2)c1. The van der Waals surface area contributed by atoms with Crippen LogP contribution in [-0.2, 0) is 0 Å². The molecular weight excluding hydrogens is 233 g/mol. The lowest BCUT2D eigenvalue weighted by atomic mass is 10.1. The van der Waals surface area contributed by atoms with Crippen LogP contribution in [0, 0.1) is 11.7 Å². The first kappa shape index (κ1) is 10.8. The quantitative estimate of drug-likeness (QED) is 0.841. The molecule has 1 heterocycles. The molecule has 1 nitrogen and oxygen atoms in total. The predicted molar refractivity (Wildman–Crippen MR) is 69.8 cm³/mol. The number of thiophene rings is 1. The Morgan fingerprint density at radius 3 is 2.76 bits per heavy atom. The molecule has 0 saturated heterocycles. The third kappa shape index (κ3) is 2.50. The minimum absolute atomic E-state index is 0.185. The summed E-state index contributed by atoms with van der Waals surface area (Å²) >= 11 is 1.77. The first-order chi connectivity index (χ1) is 8.33. The van der Waals surface area contributed by atoms with E-state index < -0.39 is 0 Å². The molecule has 3 rings (SSSR count). The Labute approximate surface area is 104 Å². The average Bonchev–Trinajstić information content (AvgIpc) is 3.01. The smallest absolute Gasteiger partial charge is 0.125 e. The second kappa shape index (κ2) is 4.49. The highest BCUT2D eigenvalue weighted by Gasteiger charge is 2.32. The van der Waals surface area contributed by atoms with E-state index in [0.29, 0.717) is 12.0 Å². The van der Waals surface area contributed by atoms with Gasteiger partial charge in [0.25, 0.3) is 0 Å². The molecule has 0 amide bonds. The minimum Gasteiger partial charge on any atom is -0.377 e. The van der Waals surface area contributed by atoms with Gasteiger partial charge < -0.3 is 5.32 Å². The number of benzene rings is 1. The van der Waals surface area contributed by atoms with Crippen molar-refractivity contribution in [2.24, 2.45) is 5.92 Å². The van der Waals surface area contributed by atoms with Crippen molar-refractivity contribution in [1.29, 1.82) is 0 Å². The fourth-order valence-corrected chi connectivity index (χ4v) is 2.95. The highest BCUT2D eigenvalue weighted by atomic mass is 32.1. The summed E-state index contributed by atoms with van der Waals surface area (Å²) in [7, 11) is 0. The summed E-state index contributed by atoms with van der Waals surface area (Å²) in [4.78, 5) is 1.34. The number of nitrogens with one attached hydrogen (secondary N) is 1. The van der Waals surface area contributed by atoms with Crippen molar-refractivity contribution < 1.29 is 4.39 Å². The van der Waals surface area contributed by atoms with Crippen LogP contribution in [0.5, 0.6) is 0 Å². The lowest BCUT2D eigenvalue weighted by molar-refractivity contribution is 0.626. The molecule has 0 bridgehead atoms. The third-order valence-corrected chi connectivity index (χ3v) is 4.05. The van der Waals surface area contributed by atoms with Gasteiger partial charge in [-0.25, -0.2) is 4.39 Å². The van der Waals surface area contributed by atoms with Gasteiger partial charge in [0.05, 0.1) is 6.04 Å². The van der Waals surface area contributed by atoms with E-state index in [4.69, 9.17) is 0 Å². The molecular formula is C14H14FNS. The van der Waals surface area contributed by atoms with Gasteiger partial charge in [-0.2, -0.15) is 0 Å². The van der Waals surface area contributed by atoms with Gasteiger partial charge in [0.15, 0.2) is 0 Å². The number of anilines is 1. The number of hydrogen-bond acceptors (Lipinski definition) is 2. The molecule has 1 N–H and O–H groups in total. The van der Waals surface area contributed by atoms with Crippen LogP contribution in [0.3, 0.4) is 0 Å². The van der Waals surface area contributed by atoms with E-state index in [2.05, 4.69) is 22.8 Å². The molecule has 2 aromatic rings. The molecule has 17 heavy (non-hydrogen) atoms. The van der Waals surface area contributed by atoms with Crippen molar-refractivity contribution in [2.75, 3.05) is 5.32 Å². The Bertz CT molecular complexity index is 491. The maximum atomic E-state index is 13.1. The Hall–Kier alpha value is -1.35. The standard InChI is InChI=1S/C14H14FNS/c15-11-3-1-4-12(9-11)16-14(10-6-7-10)13-5-2-8-17-13/h1-5,8-10,14,16H,6-7H2. The zero-order valence-corrected chi connectivity index (χ0v) is 10.2. The molecule has 1 aromatic carbocycles. The van der Waals surface area contributed by atoms with E-state index in [1.807, 2.05) is 6.07 Å². The average molecular weight is 247 g/mol. The van der Waals surface area contributed by atoms with Crippen LogP contribution in [0.15, 0.2) is 41.8 Å². The van der Waals surface area contributed by atoms with E-state index >= 15 is 0 Å². The van der Waals surface area contributed by atoms with Crippen molar-refractivity contribution in [3.63, 3.8) is 0 Å². The fourth-order valence-electron chi connectivity index (χ4n) is 2.08. The zero-order valence-electron chi connectivity index (χ0n) is 9.40. The van der Waals surface area contributed by atoms with E-state index in [9.17, 15) is 4.39 Å². The van der Waals surface area contributed by atoms with Gasteiger partial charge in [-0.1, -0.05) is 12.1 Å². The summed E-state index contributed by atoms with van der Waals surface area (Å²) in [6, 6.07) is 11.3. The molecule has 1 unspecified atom stereocenters. The summed E-state index contributed by atoms with van der Waals surface area (Å²) in [5.74, 6) is 0.521. The Kier molecular flexibility index (Phi) is 2.85. The second-order valence-electron chi connectivity index (χ2n) is 4.49. The third-order valence-electron chi connectivity index (χ3n) is 3.09. The zero-order chi connectivity index (χ0) is 11.7. The molecule has 3 heteroatoms. The summed E-state index contributed by atoms with van der Waals surface area (Å²) in [5, 5.41) is 5.55. The van der Waals surface area contributed by atoms with Gasteiger partial charge in [-0.15, -0.1) is 11.3 Å². The highest BCUT2D eigenvalue weighted by Crippen LogP contribution is 2.44. The topological polar surface area (TPSA) is 12.0 Å². The monoisotopic (exact) mass is 247 g/mol. The van der Waals surface area contributed by atoms with Crippen LogP contribution >= 0.6 is 11.3 Å². The summed E-state index contributed by atoms with van der Waals surface area (Å²) in [6.07, 6.45) is 2.54. The van der Waals surface area contributed by atoms with E-state index in [1.165, 1.54) is 23.8 Å². The van der Waals surface area contributed by atoms with Crippen molar-refractivity contribution in [3.8, 4) is 0 Å². The van der Waals surface area contributed by atoms with Gasteiger partial charge in [0, 0.05) is 10.6 Å². The van der Waals surface area contributed by atoms with E-state index in [-0.39, 0.29) is 5.82 Å². The van der Waals surface area contributed by atoms with Gasteiger partial charge in [-0.05, 0) is 48.4 Å². The number of hydrogen-bond donors (Lipinski definition) is 1. The molecule has 0 radical (unpaired) electrons. The molecule has 1 aromatic heterocycles. The van der Waals surface area contributed by atoms with Crippen molar-refractivity contribution in [3.05, 3.63) is 52.5 Å². The van der Waals surface area contributed by atoms with Crippen LogP contribution in [0.4, 0.5) is 10.1 Å². The molecule has 0 aliphatic heterocycles. The van der Waals surface area contributed by atoms with Crippen LogP contribution in [0.2, 0.25) is 0 Å². The van der Waals surface area contributed by atoms with Crippen molar-refractivity contribution >= 4 is 17.0 Å².